The highest BCUT2D eigenvalue weighted by Gasteiger charge is 2.20. The zero-order chi connectivity index (χ0) is 22.5. The van der Waals surface area contributed by atoms with E-state index in [4.69, 9.17) is 0 Å². The lowest BCUT2D eigenvalue weighted by molar-refractivity contribution is 0.434. The first-order chi connectivity index (χ1) is 15.5. The largest absolute Gasteiger partial charge is 0.341 e. The quantitative estimate of drug-likeness (QED) is 0.418. The maximum atomic E-state index is 13.9. The van der Waals surface area contributed by atoms with Crippen LogP contribution < -0.4 is 15.6 Å². The summed E-state index contributed by atoms with van der Waals surface area (Å²) in [6.07, 6.45) is 3.61. The van der Waals surface area contributed by atoms with Crippen molar-refractivity contribution in [3.8, 4) is 0 Å². The fourth-order valence-electron chi connectivity index (χ4n) is 3.57. The van der Waals surface area contributed by atoms with E-state index >= 15 is 0 Å². The number of anilines is 4. The second-order valence-corrected chi connectivity index (χ2v) is 8.22. The number of benzene rings is 2. The van der Waals surface area contributed by atoms with Crippen LogP contribution >= 0.6 is 0 Å². The van der Waals surface area contributed by atoms with E-state index < -0.39 is 0 Å². The van der Waals surface area contributed by atoms with Crippen molar-refractivity contribution in [2.75, 3.05) is 28.7 Å². The normalized spacial score (nSPS) is 14.7. The van der Waals surface area contributed by atoms with Crippen molar-refractivity contribution in [1.29, 1.82) is 0 Å². The molecule has 0 aliphatic carbocycles. The van der Waals surface area contributed by atoms with Crippen LogP contribution in [-0.2, 0) is 0 Å². The first-order valence-corrected chi connectivity index (χ1v) is 10.9. The zero-order valence-corrected chi connectivity index (χ0v) is 18.6. The first kappa shape index (κ1) is 21.7. The summed E-state index contributed by atoms with van der Waals surface area (Å²) in [6, 6.07) is 12.5. The highest BCUT2D eigenvalue weighted by Crippen LogP contribution is 2.25. The topological polar surface area (TPSA) is 78.3 Å². The fourth-order valence-corrected chi connectivity index (χ4v) is 3.57. The third-order valence-corrected chi connectivity index (χ3v) is 5.81. The first-order valence-electron chi connectivity index (χ1n) is 10.9. The van der Waals surface area contributed by atoms with Crippen molar-refractivity contribution >= 4 is 29.7 Å². The molecule has 2 N–H and O–H groups in total. The number of rotatable bonds is 6. The summed E-state index contributed by atoms with van der Waals surface area (Å²) in [7, 11) is 0. The minimum atomic E-state index is -0.339. The summed E-state index contributed by atoms with van der Waals surface area (Å²) >= 11 is 0. The lowest BCUT2D eigenvalue weighted by Gasteiger charge is -2.30. The van der Waals surface area contributed by atoms with Gasteiger partial charge in [0, 0.05) is 24.3 Å². The number of nitrogens with one attached hydrogen (secondary N) is 2. The Hall–Kier alpha value is -3.55. The van der Waals surface area contributed by atoms with Crippen molar-refractivity contribution in [2.24, 2.45) is 11.0 Å². The molecule has 1 aromatic heterocycles. The Morgan fingerprint density at radius 2 is 1.75 bits per heavy atom. The van der Waals surface area contributed by atoms with Crippen LogP contribution in [0.1, 0.15) is 36.5 Å². The third-order valence-electron chi connectivity index (χ3n) is 5.81. The van der Waals surface area contributed by atoms with E-state index in [0.717, 1.165) is 37.2 Å². The zero-order valence-electron chi connectivity index (χ0n) is 18.6. The molecule has 0 radical (unpaired) electrons. The molecule has 7 nitrogen and oxygen atoms in total. The Bertz CT molecular complexity index is 1110. The van der Waals surface area contributed by atoms with Crippen LogP contribution in [0.25, 0.3) is 0 Å². The standard InChI is InChI=1S/C24H28FN7/c1-16-11-13-32(14-12-16)24-29-22(27-21-10-6-7-17(2)18(21)3)28-23(30-24)31-26-15-19-8-4-5-9-20(19)25/h4-10,15-16H,11-14H2,1-3H3,(H2,27,28,29,30,31)/b26-15+. The van der Waals surface area contributed by atoms with Crippen LogP contribution in [0, 0.1) is 25.6 Å². The molecule has 4 rings (SSSR count). The van der Waals surface area contributed by atoms with E-state index in [9.17, 15) is 4.39 Å². The number of hydrazone groups is 1. The summed E-state index contributed by atoms with van der Waals surface area (Å²) in [5.41, 5.74) is 6.47. The second-order valence-electron chi connectivity index (χ2n) is 8.22. The van der Waals surface area contributed by atoms with E-state index in [1.165, 1.54) is 17.8 Å². The van der Waals surface area contributed by atoms with E-state index in [2.05, 4.69) is 62.5 Å². The maximum Gasteiger partial charge on any atom is 0.250 e. The van der Waals surface area contributed by atoms with Gasteiger partial charge in [0.05, 0.1) is 6.21 Å². The van der Waals surface area contributed by atoms with Crippen LogP contribution in [-0.4, -0.2) is 34.3 Å². The van der Waals surface area contributed by atoms with E-state index in [-0.39, 0.29) is 5.82 Å². The molecule has 1 aliphatic heterocycles. The van der Waals surface area contributed by atoms with Crippen molar-refractivity contribution < 1.29 is 4.39 Å². The summed E-state index contributed by atoms with van der Waals surface area (Å²) in [5.74, 6) is 1.70. The molecule has 0 amide bonds. The predicted molar refractivity (Wildman–Crippen MR) is 127 cm³/mol. The van der Waals surface area contributed by atoms with Crippen LogP contribution in [0.15, 0.2) is 47.6 Å². The van der Waals surface area contributed by atoms with E-state index in [1.807, 2.05) is 12.1 Å². The molecular weight excluding hydrogens is 405 g/mol. The summed E-state index contributed by atoms with van der Waals surface area (Å²) < 4.78 is 13.9. The Labute approximate surface area is 187 Å². The highest BCUT2D eigenvalue weighted by molar-refractivity contribution is 5.80. The van der Waals surface area contributed by atoms with Crippen LogP contribution in [0.4, 0.5) is 27.9 Å². The lowest BCUT2D eigenvalue weighted by atomic mass is 10.00. The minimum Gasteiger partial charge on any atom is -0.341 e. The summed E-state index contributed by atoms with van der Waals surface area (Å²) in [5, 5.41) is 7.45. The summed E-state index contributed by atoms with van der Waals surface area (Å²) in [4.78, 5) is 15.9. The second kappa shape index (κ2) is 9.72. The van der Waals surface area contributed by atoms with Crippen molar-refractivity contribution in [3.63, 3.8) is 0 Å². The van der Waals surface area contributed by atoms with Gasteiger partial charge in [-0.05, 0) is 55.9 Å². The molecule has 0 bridgehead atoms. The van der Waals surface area contributed by atoms with Crippen molar-refractivity contribution in [2.45, 2.75) is 33.6 Å². The predicted octanol–water partition coefficient (Wildman–Crippen LogP) is 5.05. The number of nitrogens with zero attached hydrogens (tertiary/aromatic N) is 5. The van der Waals surface area contributed by atoms with E-state index in [1.54, 1.807) is 18.2 Å². The number of aromatic nitrogens is 3. The Kier molecular flexibility index (Phi) is 6.58. The van der Waals surface area contributed by atoms with E-state index in [0.29, 0.717) is 29.3 Å². The minimum absolute atomic E-state index is 0.300. The molecule has 1 saturated heterocycles. The molecule has 1 fully saturated rings. The molecule has 8 heteroatoms. The SMILES string of the molecule is Cc1cccc(Nc2nc(N/N=C/c3ccccc3F)nc(N3CCC(C)CC3)n2)c1C. The number of hydrogen-bond acceptors (Lipinski definition) is 7. The molecule has 0 spiro atoms. The highest BCUT2D eigenvalue weighted by atomic mass is 19.1. The monoisotopic (exact) mass is 433 g/mol. The van der Waals surface area contributed by atoms with Crippen molar-refractivity contribution in [1.82, 2.24) is 15.0 Å². The van der Waals surface area contributed by atoms with Gasteiger partial charge < -0.3 is 10.2 Å². The van der Waals surface area contributed by atoms with Crippen LogP contribution in [0.3, 0.4) is 0 Å². The van der Waals surface area contributed by atoms with Crippen LogP contribution in [0.5, 0.6) is 0 Å². The average molecular weight is 434 g/mol. The van der Waals surface area contributed by atoms with Gasteiger partial charge in [0.1, 0.15) is 5.82 Å². The fraction of sp³-hybridized carbons (Fsp3) is 0.333. The maximum absolute atomic E-state index is 13.9. The smallest absolute Gasteiger partial charge is 0.250 e. The number of aryl methyl sites for hydroxylation is 1. The van der Waals surface area contributed by atoms with Gasteiger partial charge in [0.25, 0.3) is 0 Å². The molecule has 0 unspecified atom stereocenters. The number of hydrogen-bond donors (Lipinski definition) is 2. The molecule has 32 heavy (non-hydrogen) atoms. The van der Waals surface area contributed by atoms with Gasteiger partial charge in [-0.25, -0.2) is 9.82 Å². The van der Waals surface area contributed by atoms with Gasteiger partial charge in [-0.15, -0.1) is 0 Å². The van der Waals surface area contributed by atoms with Gasteiger partial charge in [0.15, 0.2) is 0 Å². The third kappa shape index (κ3) is 5.19. The van der Waals surface area contributed by atoms with Crippen LogP contribution in [0.2, 0.25) is 0 Å². The van der Waals surface area contributed by atoms with Gasteiger partial charge in [-0.3, -0.25) is 0 Å². The van der Waals surface area contributed by atoms with Crippen molar-refractivity contribution in [3.05, 3.63) is 65.0 Å². The average Bonchev–Trinajstić information content (AvgIpc) is 2.79. The molecule has 166 valence electrons. The molecule has 2 aromatic carbocycles. The molecule has 3 aromatic rings. The summed E-state index contributed by atoms with van der Waals surface area (Å²) in [6.45, 7) is 8.18. The molecular formula is C24H28FN7. The molecule has 2 heterocycles. The van der Waals surface area contributed by atoms with Gasteiger partial charge in [-0.1, -0.05) is 37.3 Å². The Morgan fingerprint density at radius 1 is 1.00 bits per heavy atom. The van der Waals surface area contributed by atoms with Gasteiger partial charge >= 0.3 is 0 Å². The van der Waals surface area contributed by atoms with Gasteiger partial charge in [0.2, 0.25) is 17.8 Å². The molecule has 0 saturated carbocycles. The molecule has 1 aliphatic rings. The Morgan fingerprint density at radius 3 is 2.53 bits per heavy atom. The lowest BCUT2D eigenvalue weighted by Crippen LogP contribution is -2.34. The van der Waals surface area contributed by atoms with Gasteiger partial charge in [-0.2, -0.15) is 20.1 Å². The Balaban J connectivity index is 1.61. The molecule has 0 atom stereocenters. The number of piperidine rings is 1. The number of halogens is 1.